The highest BCUT2D eigenvalue weighted by Crippen LogP contribution is 2.27. The lowest BCUT2D eigenvalue weighted by molar-refractivity contribution is 0.832. The van der Waals surface area contributed by atoms with Crippen LogP contribution in [0.25, 0.3) is 5.95 Å². The molecule has 1 aromatic carbocycles. The first-order valence-corrected chi connectivity index (χ1v) is 7.25. The molecule has 0 unspecified atom stereocenters. The molecule has 3 rings (SSSR count). The molecular weight excluding hydrogens is 340 g/mol. The monoisotopic (exact) mass is 348 g/mol. The maximum Gasteiger partial charge on any atom is 0.240 e. The smallest absolute Gasteiger partial charge is 0.240 e. The third-order valence-corrected chi connectivity index (χ3v) is 3.71. The Hall–Kier alpha value is -1.93. The lowest BCUT2D eigenvalue weighted by Crippen LogP contribution is -2.05. The molecule has 100 valence electrons. The van der Waals surface area contributed by atoms with Crippen molar-refractivity contribution >= 4 is 33.6 Å². The number of imidazole rings is 1. The Balaban J connectivity index is 1.94. The van der Waals surface area contributed by atoms with Gasteiger partial charge >= 0.3 is 0 Å². The molecule has 2 heterocycles. The van der Waals surface area contributed by atoms with Gasteiger partial charge in [-0.1, -0.05) is 22.0 Å². The van der Waals surface area contributed by atoms with E-state index in [0.717, 1.165) is 9.37 Å². The largest absolute Gasteiger partial charge is 0.368 e. The van der Waals surface area contributed by atoms with Crippen molar-refractivity contribution in [1.82, 2.24) is 24.5 Å². The van der Waals surface area contributed by atoms with E-state index in [1.807, 2.05) is 24.3 Å². The standard InChI is InChI=1S/C12H9BrN6S/c13-8-2-1-3-9(6-8)20-12-17-10(14)16-11(18-12)19-5-4-15-7-19/h1-7H,(H2,14,16,17,18). The topological polar surface area (TPSA) is 82.5 Å². The Kier molecular flexibility index (Phi) is 3.66. The molecule has 0 aliphatic rings. The van der Waals surface area contributed by atoms with E-state index in [0.29, 0.717) is 11.1 Å². The van der Waals surface area contributed by atoms with Crippen LogP contribution < -0.4 is 5.73 Å². The van der Waals surface area contributed by atoms with Crippen LogP contribution in [0.15, 0.2) is 57.5 Å². The molecule has 20 heavy (non-hydrogen) atoms. The van der Waals surface area contributed by atoms with E-state index in [9.17, 15) is 0 Å². The maximum absolute atomic E-state index is 5.73. The van der Waals surface area contributed by atoms with E-state index in [1.54, 1.807) is 23.3 Å². The number of aromatic nitrogens is 5. The van der Waals surface area contributed by atoms with Crippen LogP contribution in [0, 0.1) is 0 Å². The van der Waals surface area contributed by atoms with Gasteiger partial charge in [-0.25, -0.2) is 4.98 Å². The summed E-state index contributed by atoms with van der Waals surface area (Å²) >= 11 is 4.85. The summed E-state index contributed by atoms with van der Waals surface area (Å²) in [6.45, 7) is 0. The Morgan fingerprint density at radius 3 is 2.85 bits per heavy atom. The highest BCUT2D eigenvalue weighted by molar-refractivity contribution is 9.10. The second-order valence-corrected chi connectivity index (χ2v) is 5.76. The van der Waals surface area contributed by atoms with Crippen molar-refractivity contribution in [2.45, 2.75) is 10.1 Å². The molecule has 0 saturated carbocycles. The predicted octanol–water partition coefficient (Wildman–Crippen LogP) is 2.55. The van der Waals surface area contributed by atoms with Crippen molar-refractivity contribution in [3.63, 3.8) is 0 Å². The Bertz CT molecular complexity index is 731. The average molecular weight is 349 g/mol. The Morgan fingerprint density at radius 1 is 1.20 bits per heavy atom. The summed E-state index contributed by atoms with van der Waals surface area (Å²) in [5.41, 5.74) is 5.73. The Labute approximate surface area is 127 Å². The lowest BCUT2D eigenvalue weighted by atomic mass is 10.4. The summed E-state index contributed by atoms with van der Waals surface area (Å²) in [6, 6.07) is 7.88. The zero-order valence-corrected chi connectivity index (χ0v) is 12.5. The van der Waals surface area contributed by atoms with Crippen LogP contribution in [-0.2, 0) is 0 Å². The van der Waals surface area contributed by atoms with Gasteiger partial charge in [0.1, 0.15) is 6.33 Å². The van der Waals surface area contributed by atoms with E-state index in [4.69, 9.17) is 5.73 Å². The molecule has 2 N–H and O–H groups in total. The second kappa shape index (κ2) is 5.59. The highest BCUT2D eigenvalue weighted by atomic mass is 79.9. The van der Waals surface area contributed by atoms with Gasteiger partial charge in [-0.2, -0.15) is 15.0 Å². The molecule has 0 aliphatic carbocycles. The van der Waals surface area contributed by atoms with Crippen LogP contribution in [0.1, 0.15) is 0 Å². The first kappa shape index (κ1) is 13.1. The van der Waals surface area contributed by atoms with Crippen molar-refractivity contribution in [2.75, 3.05) is 5.73 Å². The number of halogens is 1. The highest BCUT2D eigenvalue weighted by Gasteiger charge is 2.08. The third kappa shape index (κ3) is 2.97. The van der Waals surface area contributed by atoms with Crippen LogP contribution in [-0.4, -0.2) is 24.5 Å². The van der Waals surface area contributed by atoms with Gasteiger partial charge in [-0.05, 0) is 30.0 Å². The summed E-state index contributed by atoms with van der Waals surface area (Å²) in [5, 5.41) is 0.541. The second-order valence-electron chi connectivity index (χ2n) is 3.81. The molecule has 0 spiro atoms. The maximum atomic E-state index is 5.73. The Morgan fingerprint density at radius 2 is 2.10 bits per heavy atom. The molecule has 0 fully saturated rings. The molecule has 8 heteroatoms. The van der Waals surface area contributed by atoms with Crippen molar-refractivity contribution < 1.29 is 0 Å². The zero-order valence-electron chi connectivity index (χ0n) is 10.1. The van der Waals surface area contributed by atoms with Crippen molar-refractivity contribution in [2.24, 2.45) is 0 Å². The molecular formula is C12H9BrN6S. The molecule has 0 amide bonds. The number of nitrogens with two attached hydrogens (primary N) is 1. The van der Waals surface area contributed by atoms with Gasteiger partial charge in [-0.15, -0.1) is 0 Å². The van der Waals surface area contributed by atoms with Crippen LogP contribution in [0.3, 0.4) is 0 Å². The fourth-order valence-corrected chi connectivity index (χ4v) is 2.90. The van der Waals surface area contributed by atoms with Crippen LogP contribution >= 0.6 is 27.7 Å². The minimum atomic E-state index is 0.182. The number of benzene rings is 1. The van der Waals surface area contributed by atoms with E-state index in [2.05, 4.69) is 35.9 Å². The van der Waals surface area contributed by atoms with Crippen LogP contribution in [0.2, 0.25) is 0 Å². The number of nitrogen functional groups attached to an aromatic ring is 1. The molecule has 0 saturated heterocycles. The normalized spacial score (nSPS) is 10.7. The number of nitrogens with zero attached hydrogens (tertiary/aromatic N) is 5. The number of rotatable bonds is 3. The van der Waals surface area contributed by atoms with Gasteiger partial charge in [0.25, 0.3) is 0 Å². The molecule has 2 aromatic heterocycles. The molecule has 0 aliphatic heterocycles. The van der Waals surface area contributed by atoms with Gasteiger partial charge in [-0.3, -0.25) is 4.57 Å². The first-order chi connectivity index (χ1) is 9.70. The zero-order chi connectivity index (χ0) is 13.9. The van der Waals surface area contributed by atoms with Crippen molar-refractivity contribution in [1.29, 1.82) is 0 Å². The van der Waals surface area contributed by atoms with Gasteiger partial charge in [0, 0.05) is 21.8 Å². The van der Waals surface area contributed by atoms with Gasteiger partial charge < -0.3 is 5.73 Å². The van der Waals surface area contributed by atoms with Crippen molar-refractivity contribution in [3.8, 4) is 5.95 Å². The minimum absolute atomic E-state index is 0.182. The summed E-state index contributed by atoms with van der Waals surface area (Å²) < 4.78 is 2.68. The summed E-state index contributed by atoms with van der Waals surface area (Å²) in [4.78, 5) is 17.6. The van der Waals surface area contributed by atoms with E-state index >= 15 is 0 Å². The summed E-state index contributed by atoms with van der Waals surface area (Å²) in [6.07, 6.45) is 5.02. The molecule has 6 nitrogen and oxygen atoms in total. The molecule has 0 bridgehead atoms. The average Bonchev–Trinajstić information content (AvgIpc) is 2.91. The van der Waals surface area contributed by atoms with E-state index in [-0.39, 0.29) is 5.95 Å². The van der Waals surface area contributed by atoms with Gasteiger partial charge in [0.15, 0.2) is 5.16 Å². The SMILES string of the molecule is Nc1nc(Sc2cccc(Br)c2)nc(-n2ccnc2)n1. The predicted molar refractivity (Wildman–Crippen MR) is 79.6 cm³/mol. The molecule has 3 aromatic rings. The first-order valence-electron chi connectivity index (χ1n) is 5.64. The summed E-state index contributed by atoms with van der Waals surface area (Å²) in [5.74, 6) is 0.633. The van der Waals surface area contributed by atoms with Crippen LogP contribution in [0.5, 0.6) is 0 Å². The number of anilines is 1. The number of hydrogen-bond donors (Lipinski definition) is 1. The van der Waals surface area contributed by atoms with Gasteiger partial charge in [0.2, 0.25) is 11.9 Å². The molecule has 0 radical (unpaired) electrons. The van der Waals surface area contributed by atoms with Gasteiger partial charge in [0.05, 0.1) is 0 Å². The quantitative estimate of drug-likeness (QED) is 0.783. The molecule has 0 atom stereocenters. The van der Waals surface area contributed by atoms with Crippen molar-refractivity contribution in [3.05, 3.63) is 47.5 Å². The minimum Gasteiger partial charge on any atom is -0.368 e. The van der Waals surface area contributed by atoms with E-state index < -0.39 is 0 Å². The summed E-state index contributed by atoms with van der Waals surface area (Å²) in [7, 11) is 0. The number of hydrogen-bond acceptors (Lipinski definition) is 6. The van der Waals surface area contributed by atoms with Crippen LogP contribution in [0.4, 0.5) is 5.95 Å². The fourth-order valence-electron chi connectivity index (χ4n) is 1.54. The third-order valence-electron chi connectivity index (χ3n) is 2.36. The lowest BCUT2D eigenvalue weighted by Gasteiger charge is -2.05. The fraction of sp³-hybridized carbons (Fsp3) is 0. The van der Waals surface area contributed by atoms with E-state index in [1.165, 1.54) is 11.8 Å².